The first-order valence-corrected chi connectivity index (χ1v) is 6.61. The molecule has 1 aromatic heterocycles. The van der Waals surface area contributed by atoms with Crippen LogP contribution in [0.25, 0.3) is 11.3 Å². The van der Waals surface area contributed by atoms with Gasteiger partial charge in [0.15, 0.2) is 0 Å². The quantitative estimate of drug-likeness (QED) is 0.674. The Kier molecular flexibility index (Phi) is 4.61. The molecule has 0 saturated heterocycles. The van der Waals surface area contributed by atoms with Crippen molar-refractivity contribution in [1.82, 2.24) is 4.98 Å². The number of nitrogens with one attached hydrogen (secondary N) is 1. The Hall–Kier alpha value is -2.76. The molecule has 0 aliphatic rings. The van der Waals surface area contributed by atoms with Gasteiger partial charge in [0.25, 0.3) is 5.69 Å². The molecule has 1 N–H and O–H groups in total. The minimum absolute atomic E-state index is 0.0806. The van der Waals surface area contributed by atoms with E-state index in [1.54, 1.807) is 36.5 Å². The SMILES string of the molecule is CCCC(=O)Nc1ccc(-c2ccccn2)c([N+](=O)[O-])c1. The number of anilines is 1. The maximum absolute atomic E-state index is 11.6. The van der Waals surface area contributed by atoms with E-state index in [-0.39, 0.29) is 11.6 Å². The molecule has 2 aromatic rings. The maximum atomic E-state index is 11.6. The Balaban J connectivity index is 2.36. The van der Waals surface area contributed by atoms with Gasteiger partial charge >= 0.3 is 0 Å². The first-order valence-electron chi connectivity index (χ1n) is 6.61. The van der Waals surface area contributed by atoms with Crippen LogP contribution >= 0.6 is 0 Å². The Morgan fingerprint density at radius 1 is 1.33 bits per heavy atom. The number of amides is 1. The molecule has 0 atom stereocenters. The second kappa shape index (κ2) is 6.60. The van der Waals surface area contributed by atoms with Gasteiger partial charge in [-0.2, -0.15) is 0 Å². The van der Waals surface area contributed by atoms with Gasteiger partial charge in [0.2, 0.25) is 5.91 Å². The molecule has 0 aliphatic carbocycles. The fourth-order valence-corrected chi connectivity index (χ4v) is 1.95. The van der Waals surface area contributed by atoms with Gasteiger partial charge < -0.3 is 5.32 Å². The third kappa shape index (κ3) is 3.62. The van der Waals surface area contributed by atoms with E-state index in [0.717, 1.165) is 6.42 Å². The summed E-state index contributed by atoms with van der Waals surface area (Å²) in [6.45, 7) is 1.90. The van der Waals surface area contributed by atoms with Crippen molar-refractivity contribution < 1.29 is 9.72 Å². The highest BCUT2D eigenvalue weighted by Gasteiger charge is 2.17. The van der Waals surface area contributed by atoms with Crippen LogP contribution in [0, 0.1) is 10.1 Å². The predicted molar refractivity (Wildman–Crippen MR) is 79.9 cm³/mol. The monoisotopic (exact) mass is 285 g/mol. The first kappa shape index (κ1) is 14.6. The van der Waals surface area contributed by atoms with E-state index < -0.39 is 4.92 Å². The van der Waals surface area contributed by atoms with E-state index in [4.69, 9.17) is 0 Å². The van der Waals surface area contributed by atoms with E-state index in [2.05, 4.69) is 10.3 Å². The Morgan fingerprint density at radius 2 is 2.14 bits per heavy atom. The fourth-order valence-electron chi connectivity index (χ4n) is 1.95. The highest BCUT2D eigenvalue weighted by molar-refractivity contribution is 5.91. The summed E-state index contributed by atoms with van der Waals surface area (Å²) in [4.78, 5) is 26.4. The molecular weight excluding hydrogens is 270 g/mol. The summed E-state index contributed by atoms with van der Waals surface area (Å²) in [6.07, 6.45) is 2.69. The molecule has 1 amide bonds. The summed E-state index contributed by atoms with van der Waals surface area (Å²) in [5, 5.41) is 13.9. The van der Waals surface area contributed by atoms with Crippen molar-refractivity contribution in [3.8, 4) is 11.3 Å². The standard InChI is InChI=1S/C15H15N3O3/c1-2-5-15(19)17-11-7-8-12(14(10-11)18(20)21)13-6-3-4-9-16-13/h3-4,6-10H,2,5H2,1H3,(H,17,19). The van der Waals surface area contributed by atoms with Crippen molar-refractivity contribution >= 4 is 17.3 Å². The average molecular weight is 285 g/mol. The summed E-state index contributed by atoms with van der Waals surface area (Å²) < 4.78 is 0. The minimum atomic E-state index is -0.473. The Bertz CT molecular complexity index is 656. The molecule has 21 heavy (non-hydrogen) atoms. The number of pyridine rings is 1. The Morgan fingerprint density at radius 3 is 2.76 bits per heavy atom. The van der Waals surface area contributed by atoms with Crippen LogP contribution in [-0.2, 0) is 4.79 Å². The molecule has 108 valence electrons. The van der Waals surface area contributed by atoms with Crippen LogP contribution in [0.5, 0.6) is 0 Å². The molecule has 2 rings (SSSR count). The van der Waals surface area contributed by atoms with Gasteiger partial charge in [-0.1, -0.05) is 13.0 Å². The molecule has 0 unspecified atom stereocenters. The number of carbonyl (C=O) groups excluding carboxylic acids is 1. The molecule has 1 aromatic carbocycles. The number of hydrogen-bond acceptors (Lipinski definition) is 4. The zero-order valence-electron chi connectivity index (χ0n) is 11.6. The molecule has 0 spiro atoms. The van der Waals surface area contributed by atoms with Crippen LogP contribution in [0.1, 0.15) is 19.8 Å². The zero-order chi connectivity index (χ0) is 15.2. The van der Waals surface area contributed by atoms with Crippen LogP contribution in [0.15, 0.2) is 42.6 Å². The lowest BCUT2D eigenvalue weighted by atomic mass is 10.1. The summed E-state index contributed by atoms with van der Waals surface area (Å²) in [5.41, 5.74) is 1.28. The number of nitro groups is 1. The molecule has 1 heterocycles. The number of benzene rings is 1. The van der Waals surface area contributed by atoms with E-state index in [1.165, 1.54) is 6.07 Å². The smallest absolute Gasteiger partial charge is 0.280 e. The normalized spacial score (nSPS) is 10.1. The van der Waals surface area contributed by atoms with E-state index in [1.807, 2.05) is 6.92 Å². The number of rotatable bonds is 5. The summed E-state index contributed by atoms with van der Waals surface area (Å²) in [5.74, 6) is -0.155. The van der Waals surface area contributed by atoms with Gasteiger partial charge in [0.05, 0.1) is 16.2 Å². The Labute approximate surface area is 122 Å². The van der Waals surface area contributed by atoms with Crippen molar-refractivity contribution in [1.29, 1.82) is 0 Å². The molecule has 0 radical (unpaired) electrons. The van der Waals surface area contributed by atoms with Crippen molar-refractivity contribution in [3.05, 3.63) is 52.7 Å². The predicted octanol–water partition coefficient (Wildman–Crippen LogP) is 3.40. The third-order valence-corrected chi connectivity index (χ3v) is 2.90. The molecule has 0 aliphatic heterocycles. The fraction of sp³-hybridized carbons (Fsp3) is 0.200. The minimum Gasteiger partial charge on any atom is -0.326 e. The van der Waals surface area contributed by atoms with E-state index in [9.17, 15) is 14.9 Å². The van der Waals surface area contributed by atoms with Crippen molar-refractivity contribution in [2.24, 2.45) is 0 Å². The topological polar surface area (TPSA) is 85.1 Å². The molecule has 0 bridgehead atoms. The van der Waals surface area contributed by atoms with Gasteiger partial charge in [-0.05, 0) is 30.7 Å². The van der Waals surface area contributed by atoms with Crippen LogP contribution in [-0.4, -0.2) is 15.8 Å². The van der Waals surface area contributed by atoms with Crippen molar-refractivity contribution in [3.63, 3.8) is 0 Å². The number of hydrogen-bond donors (Lipinski definition) is 1. The van der Waals surface area contributed by atoms with Crippen LogP contribution in [0.4, 0.5) is 11.4 Å². The van der Waals surface area contributed by atoms with E-state index in [0.29, 0.717) is 23.4 Å². The lowest BCUT2D eigenvalue weighted by Crippen LogP contribution is -2.10. The average Bonchev–Trinajstić information content (AvgIpc) is 2.48. The zero-order valence-corrected chi connectivity index (χ0v) is 11.6. The number of aromatic nitrogens is 1. The highest BCUT2D eigenvalue weighted by Crippen LogP contribution is 2.31. The molecular formula is C15H15N3O3. The van der Waals surface area contributed by atoms with Crippen molar-refractivity contribution in [2.75, 3.05) is 5.32 Å². The number of nitrogens with zero attached hydrogens (tertiary/aromatic N) is 2. The maximum Gasteiger partial charge on any atom is 0.280 e. The summed E-state index contributed by atoms with van der Waals surface area (Å²) in [7, 11) is 0. The van der Waals surface area contributed by atoms with Gasteiger partial charge in [-0.3, -0.25) is 19.9 Å². The first-order chi connectivity index (χ1) is 10.1. The molecule has 0 fully saturated rings. The molecule has 6 nitrogen and oxygen atoms in total. The van der Waals surface area contributed by atoms with Gasteiger partial charge in [-0.15, -0.1) is 0 Å². The van der Waals surface area contributed by atoms with Gasteiger partial charge in [0.1, 0.15) is 0 Å². The van der Waals surface area contributed by atoms with E-state index >= 15 is 0 Å². The number of carbonyl (C=O) groups is 1. The second-order valence-corrected chi connectivity index (χ2v) is 4.50. The number of nitro benzene ring substituents is 1. The highest BCUT2D eigenvalue weighted by atomic mass is 16.6. The molecule has 6 heteroatoms. The van der Waals surface area contributed by atoms with Crippen LogP contribution in [0.2, 0.25) is 0 Å². The summed E-state index contributed by atoms with van der Waals surface area (Å²) >= 11 is 0. The lowest BCUT2D eigenvalue weighted by Gasteiger charge is -2.07. The lowest BCUT2D eigenvalue weighted by molar-refractivity contribution is -0.384. The third-order valence-electron chi connectivity index (χ3n) is 2.90. The van der Waals surface area contributed by atoms with Crippen LogP contribution in [0.3, 0.4) is 0 Å². The largest absolute Gasteiger partial charge is 0.326 e. The second-order valence-electron chi connectivity index (χ2n) is 4.50. The van der Waals surface area contributed by atoms with Gasteiger partial charge in [-0.25, -0.2) is 0 Å². The van der Waals surface area contributed by atoms with Gasteiger partial charge in [0, 0.05) is 24.4 Å². The summed E-state index contributed by atoms with van der Waals surface area (Å²) in [6, 6.07) is 9.82. The van der Waals surface area contributed by atoms with Crippen LogP contribution < -0.4 is 5.32 Å². The molecule has 0 saturated carbocycles. The van der Waals surface area contributed by atoms with Crippen molar-refractivity contribution in [2.45, 2.75) is 19.8 Å².